The van der Waals surface area contributed by atoms with E-state index in [1.54, 1.807) is 7.11 Å². The first-order chi connectivity index (χ1) is 8.11. The number of hydrogen-bond donors (Lipinski definition) is 1. The molecule has 0 aromatic carbocycles. The van der Waals surface area contributed by atoms with Gasteiger partial charge in [0.05, 0.1) is 6.61 Å². The fourth-order valence-corrected chi connectivity index (χ4v) is 2.67. The summed E-state index contributed by atoms with van der Waals surface area (Å²) in [6.07, 6.45) is 2.65. The molecule has 0 aromatic heterocycles. The van der Waals surface area contributed by atoms with Crippen LogP contribution in [0.25, 0.3) is 0 Å². The van der Waals surface area contributed by atoms with Crippen LogP contribution >= 0.6 is 0 Å². The van der Waals surface area contributed by atoms with Gasteiger partial charge in [0.2, 0.25) is 0 Å². The molecule has 0 aliphatic carbocycles. The van der Waals surface area contributed by atoms with Gasteiger partial charge in [0.25, 0.3) is 0 Å². The maximum absolute atomic E-state index is 5.20. The molecule has 1 rings (SSSR count). The molecule has 0 spiro atoms. The first-order valence-electron chi connectivity index (χ1n) is 7.06. The molecule has 1 saturated heterocycles. The molecular weight excluding hydrogens is 212 g/mol. The summed E-state index contributed by atoms with van der Waals surface area (Å²) in [5.41, 5.74) is 0. The third kappa shape index (κ3) is 6.39. The molecule has 102 valence electrons. The first-order valence-corrected chi connectivity index (χ1v) is 7.06. The summed E-state index contributed by atoms with van der Waals surface area (Å²) in [5.74, 6) is 1.61. The van der Waals surface area contributed by atoms with Crippen LogP contribution in [0.3, 0.4) is 0 Å². The van der Waals surface area contributed by atoms with Crippen molar-refractivity contribution >= 4 is 0 Å². The van der Waals surface area contributed by atoms with E-state index in [-0.39, 0.29) is 0 Å². The van der Waals surface area contributed by atoms with Gasteiger partial charge in [0.15, 0.2) is 0 Å². The largest absolute Gasteiger partial charge is 0.383 e. The molecule has 0 saturated carbocycles. The molecular formula is C14H30N2O. The van der Waals surface area contributed by atoms with Gasteiger partial charge in [0, 0.05) is 32.8 Å². The molecule has 1 aliphatic heterocycles. The SMILES string of the molecule is COCCN(CC(C)C)CC1CC(C)CCN1. The van der Waals surface area contributed by atoms with Crippen molar-refractivity contribution in [2.45, 2.75) is 39.7 Å². The van der Waals surface area contributed by atoms with Gasteiger partial charge in [-0.15, -0.1) is 0 Å². The van der Waals surface area contributed by atoms with Crippen molar-refractivity contribution in [1.29, 1.82) is 0 Å². The highest BCUT2D eigenvalue weighted by Crippen LogP contribution is 2.16. The second-order valence-electron chi connectivity index (χ2n) is 5.93. The van der Waals surface area contributed by atoms with E-state index < -0.39 is 0 Å². The zero-order valence-electron chi connectivity index (χ0n) is 12.0. The molecule has 3 nitrogen and oxygen atoms in total. The lowest BCUT2D eigenvalue weighted by molar-refractivity contribution is 0.125. The highest BCUT2D eigenvalue weighted by molar-refractivity contribution is 4.79. The van der Waals surface area contributed by atoms with Crippen LogP contribution in [0.1, 0.15) is 33.6 Å². The Morgan fingerprint density at radius 1 is 1.41 bits per heavy atom. The van der Waals surface area contributed by atoms with Crippen molar-refractivity contribution in [2.24, 2.45) is 11.8 Å². The van der Waals surface area contributed by atoms with Crippen LogP contribution in [0.5, 0.6) is 0 Å². The topological polar surface area (TPSA) is 24.5 Å². The summed E-state index contributed by atoms with van der Waals surface area (Å²) in [4.78, 5) is 2.55. The average Bonchev–Trinajstić information content (AvgIpc) is 2.25. The lowest BCUT2D eigenvalue weighted by atomic mass is 9.94. The molecule has 2 atom stereocenters. The van der Waals surface area contributed by atoms with E-state index in [2.05, 4.69) is 31.0 Å². The van der Waals surface area contributed by atoms with E-state index in [0.717, 1.165) is 25.0 Å². The van der Waals surface area contributed by atoms with Crippen molar-refractivity contribution in [2.75, 3.05) is 39.9 Å². The van der Waals surface area contributed by atoms with Crippen molar-refractivity contribution in [3.8, 4) is 0 Å². The van der Waals surface area contributed by atoms with E-state index in [9.17, 15) is 0 Å². The van der Waals surface area contributed by atoms with Gasteiger partial charge >= 0.3 is 0 Å². The van der Waals surface area contributed by atoms with Crippen molar-refractivity contribution in [1.82, 2.24) is 10.2 Å². The predicted octanol–water partition coefficient (Wildman–Crippen LogP) is 1.98. The fourth-order valence-electron chi connectivity index (χ4n) is 2.67. The Hall–Kier alpha value is -0.120. The number of piperidine rings is 1. The molecule has 17 heavy (non-hydrogen) atoms. The van der Waals surface area contributed by atoms with Crippen LogP contribution in [0.2, 0.25) is 0 Å². The van der Waals surface area contributed by atoms with Gasteiger partial charge in [0.1, 0.15) is 0 Å². The van der Waals surface area contributed by atoms with Gasteiger partial charge in [-0.25, -0.2) is 0 Å². The molecule has 0 radical (unpaired) electrons. The van der Waals surface area contributed by atoms with Gasteiger partial charge in [-0.2, -0.15) is 0 Å². The minimum Gasteiger partial charge on any atom is -0.383 e. The van der Waals surface area contributed by atoms with E-state index in [1.165, 1.54) is 32.5 Å². The van der Waals surface area contributed by atoms with Crippen LogP contribution in [-0.2, 0) is 4.74 Å². The molecule has 1 aliphatic rings. The Morgan fingerprint density at radius 2 is 2.18 bits per heavy atom. The summed E-state index contributed by atoms with van der Waals surface area (Å²) in [5, 5.41) is 3.65. The van der Waals surface area contributed by atoms with Crippen LogP contribution in [0, 0.1) is 11.8 Å². The van der Waals surface area contributed by atoms with Gasteiger partial charge in [-0.1, -0.05) is 20.8 Å². The summed E-state index contributed by atoms with van der Waals surface area (Å²) in [6.45, 7) is 12.4. The first kappa shape index (κ1) is 14.9. The van der Waals surface area contributed by atoms with E-state index in [1.807, 2.05) is 0 Å². The zero-order chi connectivity index (χ0) is 12.7. The minimum atomic E-state index is 0.675. The summed E-state index contributed by atoms with van der Waals surface area (Å²) >= 11 is 0. The molecule has 3 heteroatoms. The Bertz CT molecular complexity index is 197. The lowest BCUT2D eigenvalue weighted by Gasteiger charge is -2.33. The van der Waals surface area contributed by atoms with Gasteiger partial charge in [-0.3, -0.25) is 4.90 Å². The monoisotopic (exact) mass is 242 g/mol. The molecule has 0 amide bonds. The molecule has 1 N–H and O–H groups in total. The fraction of sp³-hybridized carbons (Fsp3) is 1.00. The Balaban J connectivity index is 2.35. The summed E-state index contributed by atoms with van der Waals surface area (Å²) < 4.78 is 5.20. The minimum absolute atomic E-state index is 0.675. The Labute approximate surface area is 107 Å². The molecule has 1 heterocycles. The standard InChI is InChI=1S/C14H30N2O/c1-12(2)10-16(7-8-17-4)11-14-9-13(3)5-6-15-14/h12-15H,5-11H2,1-4H3. The quantitative estimate of drug-likeness (QED) is 0.739. The third-order valence-corrected chi connectivity index (χ3v) is 3.47. The highest BCUT2D eigenvalue weighted by Gasteiger charge is 2.20. The number of methoxy groups -OCH3 is 1. The molecule has 0 bridgehead atoms. The maximum atomic E-state index is 5.20. The number of nitrogens with one attached hydrogen (secondary N) is 1. The van der Waals surface area contributed by atoms with Crippen LogP contribution in [0.15, 0.2) is 0 Å². The molecule has 1 fully saturated rings. The van der Waals surface area contributed by atoms with E-state index in [4.69, 9.17) is 4.74 Å². The van der Waals surface area contributed by atoms with E-state index >= 15 is 0 Å². The second-order valence-corrected chi connectivity index (χ2v) is 5.93. The summed E-state index contributed by atoms with van der Waals surface area (Å²) in [6, 6.07) is 0.675. The average molecular weight is 242 g/mol. The van der Waals surface area contributed by atoms with Gasteiger partial charge in [-0.05, 0) is 31.2 Å². The number of nitrogens with zero attached hydrogens (tertiary/aromatic N) is 1. The Morgan fingerprint density at radius 3 is 2.76 bits per heavy atom. The van der Waals surface area contributed by atoms with Crippen LogP contribution in [0.4, 0.5) is 0 Å². The molecule has 0 aromatic rings. The smallest absolute Gasteiger partial charge is 0.0589 e. The Kier molecular flexibility index (Phi) is 7.09. The number of hydrogen-bond acceptors (Lipinski definition) is 3. The van der Waals surface area contributed by atoms with Crippen molar-refractivity contribution < 1.29 is 4.74 Å². The number of rotatable bonds is 7. The third-order valence-electron chi connectivity index (χ3n) is 3.47. The van der Waals surface area contributed by atoms with Gasteiger partial charge < -0.3 is 10.1 Å². The molecule has 2 unspecified atom stereocenters. The lowest BCUT2D eigenvalue weighted by Crippen LogP contribution is -2.47. The second kappa shape index (κ2) is 8.06. The zero-order valence-corrected chi connectivity index (χ0v) is 12.0. The maximum Gasteiger partial charge on any atom is 0.0589 e. The van der Waals surface area contributed by atoms with E-state index in [0.29, 0.717) is 6.04 Å². The predicted molar refractivity (Wildman–Crippen MR) is 73.3 cm³/mol. The van der Waals surface area contributed by atoms with Crippen molar-refractivity contribution in [3.63, 3.8) is 0 Å². The highest BCUT2D eigenvalue weighted by atomic mass is 16.5. The normalized spacial score (nSPS) is 25.8. The number of ether oxygens (including phenoxy) is 1. The van der Waals surface area contributed by atoms with Crippen LogP contribution in [-0.4, -0.2) is 50.8 Å². The summed E-state index contributed by atoms with van der Waals surface area (Å²) in [7, 11) is 1.79. The van der Waals surface area contributed by atoms with Crippen molar-refractivity contribution in [3.05, 3.63) is 0 Å². The van der Waals surface area contributed by atoms with Crippen LogP contribution < -0.4 is 5.32 Å².